The van der Waals surface area contributed by atoms with Gasteiger partial charge < -0.3 is 5.32 Å². The lowest BCUT2D eigenvalue weighted by atomic mass is 10.0. The number of piperazine rings is 1. The first-order valence-corrected chi connectivity index (χ1v) is 7.26. The maximum Gasteiger partial charge on any atom is 0.0273 e. The molecule has 0 spiro atoms. The summed E-state index contributed by atoms with van der Waals surface area (Å²) in [6, 6.07) is 13.5. The van der Waals surface area contributed by atoms with Crippen LogP contribution in [0.3, 0.4) is 0 Å². The predicted molar refractivity (Wildman–Crippen MR) is 82.4 cm³/mol. The number of nitrogens with zero attached hydrogens (tertiary/aromatic N) is 2. The average molecular weight is 267 g/mol. The quantitative estimate of drug-likeness (QED) is 0.926. The van der Waals surface area contributed by atoms with Crippen molar-refractivity contribution in [2.24, 2.45) is 0 Å². The van der Waals surface area contributed by atoms with Crippen LogP contribution in [0.25, 0.3) is 11.1 Å². The number of benzene rings is 1. The van der Waals surface area contributed by atoms with Crippen LogP contribution >= 0.6 is 0 Å². The Bertz CT molecular complexity index is 553. The Morgan fingerprint density at radius 2 is 2.05 bits per heavy atom. The van der Waals surface area contributed by atoms with Gasteiger partial charge in [0.2, 0.25) is 0 Å². The van der Waals surface area contributed by atoms with Gasteiger partial charge in [-0.25, -0.2) is 0 Å². The minimum absolute atomic E-state index is 0.590. The molecule has 0 amide bonds. The first-order chi connectivity index (χ1) is 9.81. The standard InChI is InChI=1S/C17H21N3/c1-14-12-20(10-9-19-14)13-15-3-2-4-17(11-15)16-5-7-18-8-6-16/h2-8,11,14,19H,9-10,12-13H2,1H3. The number of aromatic nitrogens is 1. The molecule has 1 unspecified atom stereocenters. The molecule has 104 valence electrons. The lowest BCUT2D eigenvalue weighted by Gasteiger charge is -2.31. The third-order valence-electron chi connectivity index (χ3n) is 3.80. The first kappa shape index (κ1) is 13.3. The van der Waals surface area contributed by atoms with Crippen molar-refractivity contribution >= 4 is 0 Å². The van der Waals surface area contributed by atoms with Crippen LogP contribution in [0.4, 0.5) is 0 Å². The SMILES string of the molecule is CC1CN(Cc2cccc(-c3ccncc3)c2)CCN1. The van der Waals surface area contributed by atoms with E-state index in [-0.39, 0.29) is 0 Å². The van der Waals surface area contributed by atoms with Crippen LogP contribution in [-0.2, 0) is 6.54 Å². The number of hydrogen-bond acceptors (Lipinski definition) is 3. The van der Waals surface area contributed by atoms with E-state index < -0.39 is 0 Å². The second-order valence-corrected chi connectivity index (χ2v) is 5.53. The molecule has 2 aromatic rings. The molecule has 1 atom stereocenters. The summed E-state index contributed by atoms with van der Waals surface area (Å²) in [5, 5.41) is 3.49. The summed E-state index contributed by atoms with van der Waals surface area (Å²) >= 11 is 0. The normalized spacial score (nSPS) is 19.9. The fraction of sp³-hybridized carbons (Fsp3) is 0.353. The van der Waals surface area contributed by atoms with Crippen molar-refractivity contribution in [1.29, 1.82) is 0 Å². The van der Waals surface area contributed by atoms with Crippen molar-refractivity contribution in [3.8, 4) is 11.1 Å². The largest absolute Gasteiger partial charge is 0.312 e. The molecule has 1 saturated heterocycles. The zero-order chi connectivity index (χ0) is 13.8. The van der Waals surface area contributed by atoms with Crippen LogP contribution < -0.4 is 5.32 Å². The predicted octanol–water partition coefficient (Wildman–Crippen LogP) is 2.54. The van der Waals surface area contributed by atoms with Crippen LogP contribution in [0.15, 0.2) is 48.8 Å². The minimum Gasteiger partial charge on any atom is -0.312 e. The van der Waals surface area contributed by atoms with Gasteiger partial charge in [0.25, 0.3) is 0 Å². The highest BCUT2D eigenvalue weighted by Gasteiger charge is 2.15. The van der Waals surface area contributed by atoms with Crippen LogP contribution in [0.2, 0.25) is 0 Å². The van der Waals surface area contributed by atoms with E-state index >= 15 is 0 Å². The molecule has 1 aromatic heterocycles. The summed E-state index contributed by atoms with van der Waals surface area (Å²) in [7, 11) is 0. The van der Waals surface area contributed by atoms with Crippen LogP contribution in [0.1, 0.15) is 12.5 Å². The van der Waals surface area contributed by atoms with E-state index in [9.17, 15) is 0 Å². The molecule has 3 heteroatoms. The summed E-state index contributed by atoms with van der Waals surface area (Å²) in [5.41, 5.74) is 3.89. The average Bonchev–Trinajstić information content (AvgIpc) is 2.48. The maximum atomic E-state index is 4.08. The highest BCUT2D eigenvalue weighted by molar-refractivity contribution is 5.63. The van der Waals surface area contributed by atoms with Gasteiger partial charge in [0.05, 0.1) is 0 Å². The third kappa shape index (κ3) is 3.24. The lowest BCUT2D eigenvalue weighted by molar-refractivity contribution is 0.199. The summed E-state index contributed by atoms with van der Waals surface area (Å²) < 4.78 is 0. The van der Waals surface area contributed by atoms with Gasteiger partial charge in [0.15, 0.2) is 0 Å². The molecule has 0 bridgehead atoms. The monoisotopic (exact) mass is 267 g/mol. The third-order valence-corrected chi connectivity index (χ3v) is 3.80. The van der Waals surface area contributed by atoms with Gasteiger partial charge in [-0.2, -0.15) is 0 Å². The Hall–Kier alpha value is -1.71. The topological polar surface area (TPSA) is 28.2 Å². The molecule has 0 saturated carbocycles. The first-order valence-electron chi connectivity index (χ1n) is 7.26. The lowest BCUT2D eigenvalue weighted by Crippen LogP contribution is -2.48. The Morgan fingerprint density at radius 1 is 1.20 bits per heavy atom. The van der Waals surface area contributed by atoms with Crippen LogP contribution in [0.5, 0.6) is 0 Å². The molecule has 2 heterocycles. The molecule has 1 aliphatic rings. The van der Waals surface area contributed by atoms with Gasteiger partial charge in [-0.05, 0) is 41.8 Å². The van der Waals surface area contributed by atoms with Crippen molar-refractivity contribution in [3.05, 3.63) is 54.4 Å². The summed E-state index contributed by atoms with van der Waals surface area (Å²) in [6.45, 7) is 6.62. The van der Waals surface area contributed by atoms with Crippen molar-refractivity contribution < 1.29 is 0 Å². The summed E-state index contributed by atoms with van der Waals surface area (Å²) in [4.78, 5) is 6.60. The van der Waals surface area contributed by atoms with Crippen molar-refractivity contribution in [3.63, 3.8) is 0 Å². The number of hydrogen-bond donors (Lipinski definition) is 1. The number of nitrogens with one attached hydrogen (secondary N) is 1. The molecule has 20 heavy (non-hydrogen) atoms. The number of rotatable bonds is 3. The Labute approximate surface area is 120 Å². The van der Waals surface area contributed by atoms with E-state index in [0.29, 0.717) is 6.04 Å². The molecule has 1 aromatic carbocycles. The fourth-order valence-electron chi connectivity index (χ4n) is 2.81. The smallest absolute Gasteiger partial charge is 0.0273 e. The molecule has 1 N–H and O–H groups in total. The molecule has 3 rings (SSSR count). The molecule has 1 aliphatic heterocycles. The second-order valence-electron chi connectivity index (χ2n) is 5.53. The molecular formula is C17H21N3. The Morgan fingerprint density at radius 3 is 2.85 bits per heavy atom. The highest BCUT2D eigenvalue weighted by Crippen LogP contribution is 2.20. The van der Waals surface area contributed by atoms with E-state index in [0.717, 1.165) is 26.2 Å². The molecular weight excluding hydrogens is 246 g/mol. The van der Waals surface area contributed by atoms with Crippen molar-refractivity contribution in [2.45, 2.75) is 19.5 Å². The van der Waals surface area contributed by atoms with Gasteiger partial charge in [0, 0.05) is 44.6 Å². The molecule has 0 aliphatic carbocycles. The van der Waals surface area contributed by atoms with E-state index in [1.165, 1.54) is 16.7 Å². The highest BCUT2D eigenvalue weighted by atomic mass is 15.2. The summed E-state index contributed by atoms with van der Waals surface area (Å²) in [6.07, 6.45) is 3.69. The number of pyridine rings is 1. The van der Waals surface area contributed by atoms with E-state index in [4.69, 9.17) is 0 Å². The second kappa shape index (κ2) is 6.16. The molecule has 3 nitrogen and oxygen atoms in total. The molecule has 0 radical (unpaired) electrons. The van der Waals surface area contributed by atoms with Gasteiger partial charge in [-0.1, -0.05) is 18.2 Å². The van der Waals surface area contributed by atoms with E-state index in [2.05, 4.69) is 58.5 Å². The van der Waals surface area contributed by atoms with Gasteiger partial charge in [-0.3, -0.25) is 9.88 Å². The van der Waals surface area contributed by atoms with E-state index in [1.54, 1.807) is 0 Å². The Kier molecular flexibility index (Phi) is 4.09. The zero-order valence-electron chi connectivity index (χ0n) is 11.9. The van der Waals surface area contributed by atoms with Crippen molar-refractivity contribution in [2.75, 3.05) is 19.6 Å². The Balaban J connectivity index is 1.74. The van der Waals surface area contributed by atoms with Crippen LogP contribution in [-0.4, -0.2) is 35.6 Å². The van der Waals surface area contributed by atoms with Gasteiger partial charge in [-0.15, -0.1) is 0 Å². The molecule has 1 fully saturated rings. The minimum atomic E-state index is 0.590. The van der Waals surface area contributed by atoms with Crippen LogP contribution in [0, 0.1) is 0 Å². The zero-order valence-corrected chi connectivity index (χ0v) is 11.9. The fourth-order valence-corrected chi connectivity index (χ4v) is 2.81. The van der Waals surface area contributed by atoms with Gasteiger partial charge in [0.1, 0.15) is 0 Å². The summed E-state index contributed by atoms with van der Waals surface area (Å²) in [5.74, 6) is 0. The van der Waals surface area contributed by atoms with Crippen molar-refractivity contribution in [1.82, 2.24) is 15.2 Å². The maximum absolute atomic E-state index is 4.08. The van der Waals surface area contributed by atoms with Gasteiger partial charge >= 0.3 is 0 Å². The van der Waals surface area contributed by atoms with E-state index in [1.807, 2.05) is 12.4 Å².